The maximum Gasteiger partial charge on any atom is 0.263 e. The van der Waals surface area contributed by atoms with E-state index in [9.17, 15) is 9.59 Å². The van der Waals surface area contributed by atoms with Gasteiger partial charge < -0.3 is 9.30 Å². The van der Waals surface area contributed by atoms with Gasteiger partial charge in [0.2, 0.25) is 0 Å². The van der Waals surface area contributed by atoms with Gasteiger partial charge in [0.1, 0.15) is 4.83 Å². The molecule has 0 aliphatic carbocycles. The number of nitrogens with zero attached hydrogens (tertiary/aromatic N) is 3. The van der Waals surface area contributed by atoms with Gasteiger partial charge in [0.15, 0.2) is 10.9 Å². The van der Waals surface area contributed by atoms with Gasteiger partial charge in [-0.2, -0.15) is 0 Å². The molecule has 1 atom stereocenters. The molecule has 0 radical (unpaired) electrons. The number of aryl methyl sites for hydroxylation is 1. The summed E-state index contributed by atoms with van der Waals surface area (Å²) in [5.74, 6) is 0.273. The number of thiophene rings is 1. The van der Waals surface area contributed by atoms with Crippen LogP contribution in [0.4, 0.5) is 0 Å². The molecule has 34 heavy (non-hydrogen) atoms. The average molecular weight is 494 g/mol. The SMILES string of the molecule is Cc1cc(C(=O)CSc2nc3scc(-c4ccccc4)c3c(=O)n2C)c(C)n1C[C@@H]1CCCO1. The van der Waals surface area contributed by atoms with Crippen LogP contribution in [-0.2, 0) is 18.3 Å². The Bertz CT molecular complexity index is 1410. The van der Waals surface area contributed by atoms with E-state index in [0.717, 1.165) is 54.1 Å². The molecule has 1 aliphatic rings. The van der Waals surface area contributed by atoms with Crippen molar-refractivity contribution in [2.45, 2.75) is 44.5 Å². The molecule has 0 unspecified atom stereocenters. The highest BCUT2D eigenvalue weighted by Gasteiger charge is 2.22. The fourth-order valence-electron chi connectivity index (χ4n) is 4.58. The van der Waals surface area contributed by atoms with Crippen LogP contribution in [0.5, 0.6) is 0 Å². The Morgan fingerprint density at radius 2 is 2.06 bits per heavy atom. The lowest BCUT2D eigenvalue weighted by molar-refractivity contribution is 0.0957. The van der Waals surface area contributed by atoms with Gasteiger partial charge >= 0.3 is 0 Å². The van der Waals surface area contributed by atoms with Crippen molar-refractivity contribution in [2.75, 3.05) is 12.4 Å². The molecule has 1 aromatic carbocycles. The second-order valence-corrected chi connectivity index (χ2v) is 10.5. The van der Waals surface area contributed by atoms with Crippen molar-refractivity contribution in [3.05, 3.63) is 69.1 Å². The van der Waals surface area contributed by atoms with E-state index in [2.05, 4.69) is 4.57 Å². The second kappa shape index (κ2) is 9.52. The van der Waals surface area contributed by atoms with Crippen LogP contribution < -0.4 is 5.56 Å². The molecule has 5 rings (SSSR count). The number of benzene rings is 1. The molecule has 176 valence electrons. The van der Waals surface area contributed by atoms with Gasteiger partial charge in [0.05, 0.1) is 17.2 Å². The monoisotopic (exact) mass is 493 g/mol. The summed E-state index contributed by atoms with van der Waals surface area (Å²) in [4.78, 5) is 31.7. The fourth-order valence-corrected chi connectivity index (χ4v) is 6.42. The van der Waals surface area contributed by atoms with Crippen LogP contribution in [0, 0.1) is 13.8 Å². The lowest BCUT2D eigenvalue weighted by atomic mass is 10.1. The molecule has 4 heterocycles. The minimum absolute atomic E-state index is 0.0437. The first kappa shape index (κ1) is 23.1. The summed E-state index contributed by atoms with van der Waals surface area (Å²) >= 11 is 2.78. The van der Waals surface area contributed by atoms with E-state index < -0.39 is 0 Å². The Morgan fingerprint density at radius 1 is 1.26 bits per heavy atom. The van der Waals surface area contributed by atoms with Crippen molar-refractivity contribution in [3.63, 3.8) is 0 Å². The van der Waals surface area contributed by atoms with Crippen LogP contribution in [0.15, 0.2) is 51.7 Å². The van der Waals surface area contributed by atoms with E-state index in [4.69, 9.17) is 9.72 Å². The molecule has 8 heteroatoms. The van der Waals surface area contributed by atoms with Crippen molar-refractivity contribution in [3.8, 4) is 11.1 Å². The summed E-state index contributed by atoms with van der Waals surface area (Å²) in [6, 6.07) is 11.8. The molecule has 3 aromatic heterocycles. The second-order valence-electron chi connectivity index (χ2n) is 8.70. The van der Waals surface area contributed by atoms with Crippen LogP contribution in [0.1, 0.15) is 34.6 Å². The third-order valence-electron chi connectivity index (χ3n) is 6.48. The molecule has 0 spiro atoms. The zero-order valence-corrected chi connectivity index (χ0v) is 21.2. The number of thioether (sulfide) groups is 1. The number of hydrogen-bond acceptors (Lipinski definition) is 6. The van der Waals surface area contributed by atoms with Gasteiger partial charge in [-0.1, -0.05) is 42.1 Å². The molecule has 0 bridgehead atoms. The zero-order chi connectivity index (χ0) is 23.8. The number of ether oxygens (including phenoxy) is 1. The molecule has 0 saturated carbocycles. The third-order valence-corrected chi connectivity index (χ3v) is 8.38. The van der Waals surface area contributed by atoms with Gasteiger partial charge in [-0.15, -0.1) is 11.3 Å². The minimum atomic E-state index is -0.0882. The Hall–Kier alpha value is -2.68. The summed E-state index contributed by atoms with van der Waals surface area (Å²) in [6.07, 6.45) is 2.38. The number of aromatic nitrogens is 3. The quantitative estimate of drug-likeness (QED) is 0.200. The van der Waals surface area contributed by atoms with E-state index in [1.807, 2.05) is 55.6 Å². The Balaban J connectivity index is 1.37. The Morgan fingerprint density at radius 3 is 2.79 bits per heavy atom. The Kier molecular flexibility index (Phi) is 6.46. The Labute approximate surface area is 206 Å². The number of carbonyl (C=O) groups excluding carboxylic acids is 1. The number of carbonyl (C=O) groups is 1. The molecular weight excluding hydrogens is 466 g/mol. The third kappa shape index (κ3) is 4.26. The summed E-state index contributed by atoms with van der Waals surface area (Å²) in [7, 11) is 1.72. The van der Waals surface area contributed by atoms with Crippen LogP contribution >= 0.6 is 23.1 Å². The summed E-state index contributed by atoms with van der Waals surface area (Å²) in [6.45, 7) is 5.63. The highest BCUT2D eigenvalue weighted by atomic mass is 32.2. The van der Waals surface area contributed by atoms with E-state index in [1.165, 1.54) is 23.1 Å². The molecular formula is C26H27N3O3S2. The predicted molar refractivity (Wildman–Crippen MR) is 138 cm³/mol. The normalized spacial score (nSPS) is 15.9. The fraction of sp³-hybridized carbons (Fsp3) is 0.346. The average Bonchev–Trinajstić information content (AvgIpc) is 3.57. The number of Topliss-reactive ketones (excluding diaryl/α,β-unsaturated/α-hetero) is 1. The van der Waals surface area contributed by atoms with Gasteiger partial charge in [-0.05, 0) is 38.3 Å². The summed E-state index contributed by atoms with van der Waals surface area (Å²) < 4.78 is 9.52. The van der Waals surface area contributed by atoms with Crippen LogP contribution in [0.2, 0.25) is 0 Å². The standard InChI is InChI=1S/C26H27N3O3S2/c1-16-12-20(17(2)29(16)13-19-10-7-11-32-19)22(30)15-34-26-27-24-23(25(31)28(26)3)21(14-33-24)18-8-5-4-6-9-18/h4-6,8-9,12,14,19H,7,10-11,13,15H2,1-3H3/t19-/m0/s1. The number of rotatable bonds is 7. The van der Waals surface area contributed by atoms with E-state index in [0.29, 0.717) is 15.4 Å². The topological polar surface area (TPSA) is 66.1 Å². The molecule has 1 saturated heterocycles. The molecule has 0 amide bonds. The van der Waals surface area contributed by atoms with E-state index >= 15 is 0 Å². The van der Waals surface area contributed by atoms with Gasteiger partial charge in [0, 0.05) is 48.1 Å². The smallest absolute Gasteiger partial charge is 0.263 e. The van der Waals surface area contributed by atoms with E-state index in [-0.39, 0.29) is 23.2 Å². The van der Waals surface area contributed by atoms with Gasteiger partial charge in [-0.25, -0.2) is 4.98 Å². The van der Waals surface area contributed by atoms with Crippen molar-refractivity contribution in [1.29, 1.82) is 0 Å². The minimum Gasteiger partial charge on any atom is -0.376 e. The van der Waals surface area contributed by atoms with Crippen LogP contribution in [-0.4, -0.2) is 38.4 Å². The molecule has 6 nitrogen and oxygen atoms in total. The maximum absolute atomic E-state index is 13.2. The number of hydrogen-bond donors (Lipinski definition) is 0. The van der Waals surface area contributed by atoms with Crippen molar-refractivity contribution in [2.24, 2.45) is 7.05 Å². The first-order valence-electron chi connectivity index (χ1n) is 11.4. The van der Waals surface area contributed by atoms with E-state index in [1.54, 1.807) is 11.6 Å². The van der Waals surface area contributed by atoms with Crippen molar-refractivity contribution in [1.82, 2.24) is 14.1 Å². The highest BCUT2D eigenvalue weighted by molar-refractivity contribution is 7.99. The molecule has 0 N–H and O–H groups in total. The lowest BCUT2D eigenvalue weighted by Gasteiger charge is -2.14. The van der Waals surface area contributed by atoms with Crippen molar-refractivity contribution >= 4 is 39.1 Å². The van der Waals surface area contributed by atoms with Crippen molar-refractivity contribution < 1.29 is 9.53 Å². The van der Waals surface area contributed by atoms with Crippen LogP contribution in [0.3, 0.4) is 0 Å². The first-order valence-corrected chi connectivity index (χ1v) is 13.3. The number of ketones is 1. The zero-order valence-electron chi connectivity index (χ0n) is 19.5. The highest BCUT2D eigenvalue weighted by Crippen LogP contribution is 2.32. The van der Waals surface area contributed by atoms with Gasteiger partial charge in [-0.3, -0.25) is 14.2 Å². The molecule has 4 aromatic rings. The largest absolute Gasteiger partial charge is 0.376 e. The van der Waals surface area contributed by atoms with Gasteiger partial charge in [0.25, 0.3) is 5.56 Å². The maximum atomic E-state index is 13.2. The molecule has 1 fully saturated rings. The summed E-state index contributed by atoms with van der Waals surface area (Å²) in [5.41, 5.74) is 4.59. The van der Waals surface area contributed by atoms with Crippen LogP contribution in [0.25, 0.3) is 21.3 Å². The number of fused-ring (bicyclic) bond motifs is 1. The summed E-state index contributed by atoms with van der Waals surface area (Å²) in [5, 5.41) is 3.17. The molecule has 1 aliphatic heterocycles. The lowest BCUT2D eigenvalue weighted by Crippen LogP contribution is -2.20. The predicted octanol–water partition coefficient (Wildman–Crippen LogP) is 5.23. The first-order chi connectivity index (χ1) is 16.4.